The molecule has 1 aromatic heterocycles. The quantitative estimate of drug-likeness (QED) is 0.840. The Bertz CT molecular complexity index is 615. The van der Waals surface area contributed by atoms with Crippen LogP contribution in [0.5, 0.6) is 0 Å². The van der Waals surface area contributed by atoms with Crippen molar-refractivity contribution in [3.05, 3.63) is 22.4 Å². The highest BCUT2D eigenvalue weighted by Gasteiger charge is 2.32. The minimum atomic E-state index is 0.117. The minimum Gasteiger partial charge on any atom is -0.352 e. The van der Waals surface area contributed by atoms with Crippen LogP contribution in [0, 0.1) is 0 Å². The van der Waals surface area contributed by atoms with Crippen LogP contribution < -0.4 is 5.32 Å². The largest absolute Gasteiger partial charge is 0.352 e. The van der Waals surface area contributed by atoms with Crippen LogP contribution in [0.2, 0.25) is 0 Å². The second-order valence-corrected chi connectivity index (χ2v) is 8.60. The zero-order chi connectivity index (χ0) is 17.9. The van der Waals surface area contributed by atoms with Crippen molar-refractivity contribution in [3.8, 4) is 0 Å². The molecule has 3 fully saturated rings. The van der Waals surface area contributed by atoms with E-state index in [1.807, 2.05) is 22.4 Å². The first-order valence-corrected chi connectivity index (χ1v) is 10.7. The van der Waals surface area contributed by atoms with Crippen molar-refractivity contribution in [3.63, 3.8) is 0 Å². The fourth-order valence-corrected chi connectivity index (χ4v) is 4.68. The first-order chi connectivity index (χ1) is 12.7. The summed E-state index contributed by atoms with van der Waals surface area (Å²) in [6.07, 6.45) is 4.87. The molecule has 3 aliphatic rings. The van der Waals surface area contributed by atoms with Gasteiger partial charge in [-0.2, -0.15) is 0 Å². The van der Waals surface area contributed by atoms with Crippen LogP contribution in [-0.4, -0.2) is 84.4 Å². The number of nitrogens with one attached hydrogen (secondary N) is 1. The van der Waals surface area contributed by atoms with Gasteiger partial charge in [-0.15, -0.1) is 11.3 Å². The molecule has 6 nitrogen and oxygen atoms in total. The van der Waals surface area contributed by atoms with Crippen LogP contribution in [0.1, 0.15) is 35.4 Å². The molecule has 0 radical (unpaired) electrons. The standard InChI is InChI=1S/C19H28N4O2S/c24-18(20-15-5-7-22(8-6-15)16-3-4-16)14-21-9-11-23(12-10-21)19(25)17-2-1-13-26-17/h1-2,13,15-16H,3-12,14H2,(H,20,24). The molecule has 2 aliphatic heterocycles. The van der Waals surface area contributed by atoms with E-state index in [1.165, 1.54) is 24.2 Å². The number of thiophene rings is 1. The second-order valence-electron chi connectivity index (χ2n) is 7.65. The number of likely N-dealkylation sites (tertiary alicyclic amines) is 1. The molecule has 2 saturated heterocycles. The van der Waals surface area contributed by atoms with Gasteiger partial charge >= 0.3 is 0 Å². The summed E-state index contributed by atoms with van der Waals surface area (Å²) in [6, 6.07) is 4.95. The lowest BCUT2D eigenvalue weighted by molar-refractivity contribution is -0.123. The van der Waals surface area contributed by atoms with Crippen molar-refractivity contribution in [2.45, 2.75) is 37.8 Å². The summed E-state index contributed by atoms with van der Waals surface area (Å²) in [4.78, 5) is 32.2. The lowest BCUT2D eigenvalue weighted by atomic mass is 10.0. The number of rotatable bonds is 5. The van der Waals surface area contributed by atoms with Gasteiger partial charge in [0.05, 0.1) is 11.4 Å². The Morgan fingerprint density at radius 2 is 1.77 bits per heavy atom. The van der Waals surface area contributed by atoms with Crippen LogP contribution in [0.15, 0.2) is 17.5 Å². The van der Waals surface area contributed by atoms with E-state index in [0.29, 0.717) is 25.7 Å². The molecule has 26 heavy (non-hydrogen) atoms. The lowest BCUT2D eigenvalue weighted by Gasteiger charge is -2.35. The smallest absolute Gasteiger partial charge is 0.264 e. The number of amides is 2. The Kier molecular flexibility index (Phi) is 5.57. The highest BCUT2D eigenvalue weighted by atomic mass is 32.1. The van der Waals surface area contributed by atoms with Gasteiger partial charge in [0.1, 0.15) is 0 Å². The first-order valence-electron chi connectivity index (χ1n) is 9.77. The normalized spacial score (nSPS) is 23.2. The molecule has 0 aromatic carbocycles. The SMILES string of the molecule is O=C(CN1CCN(C(=O)c2cccs2)CC1)NC1CCN(C2CC2)CC1. The van der Waals surface area contributed by atoms with Gasteiger partial charge in [-0.3, -0.25) is 14.5 Å². The summed E-state index contributed by atoms with van der Waals surface area (Å²) >= 11 is 1.49. The van der Waals surface area contributed by atoms with Gasteiger partial charge in [0.15, 0.2) is 0 Å². The van der Waals surface area contributed by atoms with Crippen molar-refractivity contribution in [1.29, 1.82) is 0 Å². The molecule has 7 heteroatoms. The number of hydrogen-bond donors (Lipinski definition) is 1. The fraction of sp³-hybridized carbons (Fsp3) is 0.684. The molecule has 1 N–H and O–H groups in total. The summed E-state index contributed by atoms with van der Waals surface area (Å²) in [5.74, 6) is 0.249. The van der Waals surface area contributed by atoms with Gasteiger partial charge < -0.3 is 15.1 Å². The van der Waals surface area contributed by atoms with Crippen molar-refractivity contribution >= 4 is 23.2 Å². The van der Waals surface area contributed by atoms with Crippen LogP contribution in [0.3, 0.4) is 0 Å². The van der Waals surface area contributed by atoms with E-state index < -0.39 is 0 Å². The summed E-state index contributed by atoms with van der Waals surface area (Å²) < 4.78 is 0. The third-order valence-corrected chi connectivity index (χ3v) is 6.57. The maximum absolute atomic E-state index is 12.4. The number of piperidine rings is 1. The topological polar surface area (TPSA) is 55.9 Å². The zero-order valence-corrected chi connectivity index (χ0v) is 16.0. The van der Waals surface area contributed by atoms with Gasteiger partial charge in [-0.25, -0.2) is 0 Å². The van der Waals surface area contributed by atoms with Gasteiger partial charge in [-0.05, 0) is 37.1 Å². The van der Waals surface area contributed by atoms with Crippen molar-refractivity contribution in [1.82, 2.24) is 20.0 Å². The molecule has 1 aliphatic carbocycles. The Balaban J connectivity index is 1.16. The van der Waals surface area contributed by atoms with E-state index in [4.69, 9.17) is 0 Å². The van der Waals surface area contributed by atoms with Crippen LogP contribution in [0.4, 0.5) is 0 Å². The predicted molar refractivity (Wildman–Crippen MR) is 102 cm³/mol. The molecule has 2 amide bonds. The lowest BCUT2D eigenvalue weighted by Crippen LogP contribution is -2.52. The second kappa shape index (κ2) is 8.06. The van der Waals surface area contributed by atoms with E-state index >= 15 is 0 Å². The van der Waals surface area contributed by atoms with Gasteiger partial charge in [0.25, 0.3) is 5.91 Å². The predicted octanol–water partition coefficient (Wildman–Crippen LogP) is 1.25. The Morgan fingerprint density at radius 1 is 1.04 bits per heavy atom. The summed E-state index contributed by atoms with van der Waals surface area (Å²) in [6.45, 7) is 5.63. The Labute approximate surface area is 159 Å². The maximum atomic E-state index is 12.4. The summed E-state index contributed by atoms with van der Waals surface area (Å²) in [5, 5.41) is 5.15. The molecule has 4 rings (SSSR count). The Morgan fingerprint density at radius 3 is 2.38 bits per heavy atom. The van der Waals surface area contributed by atoms with Gasteiger partial charge in [0, 0.05) is 51.4 Å². The molecular formula is C19H28N4O2S. The zero-order valence-electron chi connectivity index (χ0n) is 15.2. The number of nitrogens with zero attached hydrogens (tertiary/aromatic N) is 3. The number of hydrogen-bond acceptors (Lipinski definition) is 5. The summed E-state index contributed by atoms with van der Waals surface area (Å²) in [7, 11) is 0. The molecule has 0 spiro atoms. The van der Waals surface area contributed by atoms with Crippen molar-refractivity contribution < 1.29 is 9.59 Å². The minimum absolute atomic E-state index is 0.117. The maximum Gasteiger partial charge on any atom is 0.264 e. The molecule has 1 saturated carbocycles. The van der Waals surface area contributed by atoms with E-state index in [9.17, 15) is 9.59 Å². The highest BCUT2D eigenvalue weighted by Crippen LogP contribution is 2.29. The summed E-state index contributed by atoms with van der Waals surface area (Å²) in [5.41, 5.74) is 0. The number of carbonyl (C=O) groups excluding carboxylic acids is 2. The van der Waals surface area contributed by atoms with Crippen LogP contribution >= 0.6 is 11.3 Å². The van der Waals surface area contributed by atoms with E-state index in [-0.39, 0.29) is 11.8 Å². The molecule has 1 aromatic rings. The number of piperazine rings is 1. The first kappa shape index (κ1) is 17.9. The Hall–Kier alpha value is -1.44. The monoisotopic (exact) mass is 376 g/mol. The van der Waals surface area contributed by atoms with Crippen LogP contribution in [0.25, 0.3) is 0 Å². The molecular weight excluding hydrogens is 348 g/mol. The van der Waals surface area contributed by atoms with Gasteiger partial charge in [0.2, 0.25) is 5.91 Å². The third kappa shape index (κ3) is 4.45. The van der Waals surface area contributed by atoms with E-state index in [1.54, 1.807) is 0 Å². The fourth-order valence-electron chi connectivity index (χ4n) is 3.99. The average molecular weight is 377 g/mol. The molecule has 0 atom stereocenters. The van der Waals surface area contributed by atoms with Crippen molar-refractivity contribution in [2.75, 3.05) is 45.8 Å². The van der Waals surface area contributed by atoms with Gasteiger partial charge in [-0.1, -0.05) is 6.07 Å². The van der Waals surface area contributed by atoms with Crippen molar-refractivity contribution in [2.24, 2.45) is 0 Å². The average Bonchev–Trinajstić information content (AvgIpc) is 3.36. The van der Waals surface area contributed by atoms with Crippen LogP contribution in [-0.2, 0) is 4.79 Å². The number of carbonyl (C=O) groups is 2. The molecule has 3 heterocycles. The third-order valence-electron chi connectivity index (χ3n) is 5.72. The molecule has 0 unspecified atom stereocenters. The van der Waals surface area contributed by atoms with E-state index in [0.717, 1.165) is 49.9 Å². The highest BCUT2D eigenvalue weighted by molar-refractivity contribution is 7.12. The molecule has 142 valence electrons. The van der Waals surface area contributed by atoms with E-state index in [2.05, 4.69) is 15.1 Å². The molecule has 0 bridgehead atoms.